The van der Waals surface area contributed by atoms with Crippen molar-refractivity contribution in [3.05, 3.63) is 0 Å². The van der Waals surface area contributed by atoms with Crippen molar-refractivity contribution in [3.63, 3.8) is 0 Å². The molecule has 5 atom stereocenters. The highest BCUT2D eigenvalue weighted by Crippen LogP contribution is 2.42. The molecule has 0 aromatic carbocycles. The molecule has 5 N–H and O–H groups in total. The predicted octanol–water partition coefficient (Wildman–Crippen LogP) is 1.07. The van der Waals surface area contributed by atoms with E-state index in [1.807, 2.05) is 0 Å². The lowest BCUT2D eigenvalue weighted by Gasteiger charge is -2.36. The van der Waals surface area contributed by atoms with Gasteiger partial charge in [0, 0.05) is 31.2 Å². The van der Waals surface area contributed by atoms with Crippen molar-refractivity contribution in [2.24, 2.45) is 29.4 Å². The van der Waals surface area contributed by atoms with E-state index in [9.17, 15) is 14.7 Å². The highest BCUT2D eigenvalue weighted by molar-refractivity contribution is 5.77. The van der Waals surface area contributed by atoms with Crippen LogP contribution < -0.4 is 11.1 Å². The van der Waals surface area contributed by atoms with Crippen molar-refractivity contribution >= 4 is 18.0 Å². The lowest BCUT2D eigenvalue weighted by Crippen LogP contribution is -2.49. The molecule has 0 heterocycles. The average Bonchev–Trinajstić information content (AvgIpc) is 2.73. The molecule has 0 aliphatic heterocycles. The fourth-order valence-corrected chi connectivity index (χ4v) is 3.91. The van der Waals surface area contributed by atoms with Gasteiger partial charge in [-0.3, -0.25) is 10.2 Å². The van der Waals surface area contributed by atoms with Crippen LogP contribution >= 0.6 is 0 Å². The molecule has 1 aliphatic carbocycles. The van der Waals surface area contributed by atoms with Crippen LogP contribution in [-0.2, 0) is 9.59 Å². The average molecular weight is 311 g/mol. The van der Waals surface area contributed by atoms with Crippen LogP contribution in [0.3, 0.4) is 0 Å². The zero-order chi connectivity index (χ0) is 16.9. The summed E-state index contributed by atoms with van der Waals surface area (Å²) in [4.78, 5) is 22.8. The van der Waals surface area contributed by atoms with E-state index in [4.69, 9.17) is 11.1 Å². The van der Waals surface area contributed by atoms with Crippen LogP contribution in [0.25, 0.3) is 0 Å². The van der Waals surface area contributed by atoms with Crippen LogP contribution in [0.1, 0.15) is 46.5 Å². The number of hydrogen-bond acceptors (Lipinski definition) is 4. The molecule has 22 heavy (non-hydrogen) atoms. The van der Waals surface area contributed by atoms with Crippen molar-refractivity contribution in [1.29, 1.82) is 5.41 Å². The lowest BCUT2D eigenvalue weighted by atomic mass is 9.77. The number of carbonyl (C=O) groups excluding carboxylic acids is 2. The minimum atomic E-state index is -0.792. The largest absolute Gasteiger partial charge is 0.392 e. The molecule has 1 aliphatic rings. The van der Waals surface area contributed by atoms with Gasteiger partial charge in [0.15, 0.2) is 0 Å². The second kappa shape index (κ2) is 8.27. The molecule has 6 heteroatoms. The van der Waals surface area contributed by atoms with E-state index in [-0.39, 0.29) is 35.5 Å². The molecule has 0 aromatic heterocycles. The second-order valence-electron chi connectivity index (χ2n) is 6.40. The normalized spacial score (nSPS) is 29.3. The van der Waals surface area contributed by atoms with Gasteiger partial charge in [0.1, 0.15) is 6.29 Å². The third-order valence-electron chi connectivity index (χ3n) is 4.95. The monoisotopic (exact) mass is 311 g/mol. The molecule has 1 rings (SSSR count). The fourth-order valence-electron chi connectivity index (χ4n) is 3.91. The molecule has 0 spiro atoms. The molecule has 0 radical (unpaired) electrons. The molecule has 0 saturated heterocycles. The Labute approximate surface area is 132 Å². The lowest BCUT2D eigenvalue weighted by molar-refractivity contribution is -0.121. The number of aliphatic hydroxyl groups excluding tert-OH is 1. The zero-order valence-electron chi connectivity index (χ0n) is 13.7. The first-order valence-electron chi connectivity index (χ1n) is 8.08. The molecule has 126 valence electrons. The summed E-state index contributed by atoms with van der Waals surface area (Å²) >= 11 is 0. The van der Waals surface area contributed by atoms with E-state index >= 15 is 0 Å². The Morgan fingerprint density at radius 3 is 2.45 bits per heavy atom. The molecule has 1 unspecified atom stereocenters. The summed E-state index contributed by atoms with van der Waals surface area (Å²) in [6.07, 6.45) is 2.62. The Kier molecular flexibility index (Phi) is 7.00. The van der Waals surface area contributed by atoms with Gasteiger partial charge >= 0.3 is 0 Å². The van der Waals surface area contributed by atoms with Gasteiger partial charge in [-0.25, -0.2) is 0 Å². The van der Waals surface area contributed by atoms with Crippen LogP contribution in [0.15, 0.2) is 0 Å². The highest BCUT2D eigenvalue weighted by Gasteiger charge is 2.47. The number of nitrogens with one attached hydrogen (secondary N) is 2. The van der Waals surface area contributed by atoms with Crippen LogP contribution in [0.5, 0.6) is 0 Å². The minimum Gasteiger partial charge on any atom is -0.392 e. The Hall–Kier alpha value is -1.43. The summed E-state index contributed by atoms with van der Waals surface area (Å²) in [7, 11) is 0. The van der Waals surface area contributed by atoms with E-state index in [0.29, 0.717) is 12.8 Å². The first-order valence-corrected chi connectivity index (χ1v) is 8.08. The van der Waals surface area contributed by atoms with Gasteiger partial charge in [0.05, 0.1) is 11.9 Å². The molecule has 1 fully saturated rings. The number of nitrogens with two attached hydrogens (primary N) is 1. The number of rotatable bonds is 8. The summed E-state index contributed by atoms with van der Waals surface area (Å²) in [5.41, 5.74) is 5.54. The van der Waals surface area contributed by atoms with E-state index in [1.165, 1.54) is 6.92 Å². The number of aliphatic hydroxyl groups is 1. The molecular weight excluding hydrogens is 282 g/mol. The highest BCUT2D eigenvalue weighted by atomic mass is 16.3. The Morgan fingerprint density at radius 1 is 1.45 bits per heavy atom. The quantitative estimate of drug-likeness (QED) is 0.305. The fraction of sp³-hybridized carbons (Fsp3) is 0.812. The minimum absolute atomic E-state index is 0.0554. The third-order valence-corrected chi connectivity index (χ3v) is 4.95. The van der Waals surface area contributed by atoms with E-state index < -0.39 is 12.0 Å². The van der Waals surface area contributed by atoms with Gasteiger partial charge in [-0.1, -0.05) is 26.7 Å². The van der Waals surface area contributed by atoms with E-state index in [2.05, 4.69) is 19.2 Å². The van der Waals surface area contributed by atoms with E-state index in [1.54, 1.807) is 0 Å². The molecule has 6 nitrogen and oxygen atoms in total. The summed E-state index contributed by atoms with van der Waals surface area (Å²) in [6, 6.07) is -0.197. The summed E-state index contributed by atoms with van der Waals surface area (Å²) < 4.78 is 0. The summed E-state index contributed by atoms with van der Waals surface area (Å²) in [5.74, 6) is -0.600. The van der Waals surface area contributed by atoms with Crippen molar-refractivity contribution in [2.75, 3.05) is 0 Å². The number of amidine groups is 1. The predicted molar refractivity (Wildman–Crippen MR) is 85.4 cm³/mol. The van der Waals surface area contributed by atoms with Crippen LogP contribution in [0.2, 0.25) is 0 Å². The van der Waals surface area contributed by atoms with Crippen LogP contribution in [0.4, 0.5) is 0 Å². The molecule has 1 amide bonds. The van der Waals surface area contributed by atoms with Crippen LogP contribution in [-0.4, -0.2) is 35.3 Å². The first-order chi connectivity index (χ1) is 10.3. The number of aldehydes is 1. The SMILES string of the molecule is CCC(CC)C(NC(C)=O)[C@H]1[C@H](CC(=N)N)C[C@H](C=O)[C@H]1O. The molecule has 0 aromatic rings. The topological polar surface area (TPSA) is 116 Å². The second-order valence-corrected chi connectivity index (χ2v) is 6.40. The van der Waals surface area contributed by atoms with Gasteiger partial charge in [0.2, 0.25) is 5.91 Å². The standard InChI is InChI=1S/C16H29N3O3/c1-4-10(5-2)15(19-9(3)21)14-11(7-13(17)18)6-12(8-20)16(14)22/h8,10-12,14-16,22H,4-7H2,1-3H3,(H3,17,18)(H,19,21)/t11-,12+,14+,15?,16+/m0/s1. The van der Waals surface area contributed by atoms with Gasteiger partial charge in [0.25, 0.3) is 0 Å². The maximum atomic E-state index is 11.6. The van der Waals surface area contributed by atoms with Crippen molar-refractivity contribution in [3.8, 4) is 0 Å². The van der Waals surface area contributed by atoms with Crippen molar-refractivity contribution < 1.29 is 14.7 Å². The molecule has 0 bridgehead atoms. The number of hydrogen-bond donors (Lipinski definition) is 4. The Morgan fingerprint density at radius 2 is 2.05 bits per heavy atom. The zero-order valence-corrected chi connectivity index (χ0v) is 13.7. The number of amides is 1. The van der Waals surface area contributed by atoms with Gasteiger partial charge in [-0.05, 0) is 18.3 Å². The summed E-state index contributed by atoms with van der Waals surface area (Å²) in [5, 5.41) is 21.1. The first kappa shape index (κ1) is 18.6. The summed E-state index contributed by atoms with van der Waals surface area (Å²) in [6.45, 7) is 5.58. The van der Waals surface area contributed by atoms with Gasteiger partial charge in [-0.2, -0.15) is 0 Å². The van der Waals surface area contributed by atoms with Crippen molar-refractivity contribution in [2.45, 2.75) is 58.6 Å². The Balaban J connectivity index is 3.11. The molecule has 1 saturated carbocycles. The maximum Gasteiger partial charge on any atom is 0.217 e. The van der Waals surface area contributed by atoms with Gasteiger partial charge in [-0.15, -0.1) is 0 Å². The number of carbonyl (C=O) groups is 2. The maximum absolute atomic E-state index is 11.6. The third kappa shape index (κ3) is 4.29. The Bertz CT molecular complexity index is 409. The van der Waals surface area contributed by atoms with Gasteiger partial charge < -0.3 is 21.0 Å². The molecular formula is C16H29N3O3. The smallest absolute Gasteiger partial charge is 0.217 e. The van der Waals surface area contributed by atoms with Crippen LogP contribution in [0, 0.1) is 29.1 Å². The van der Waals surface area contributed by atoms with E-state index in [0.717, 1.165) is 19.1 Å². The van der Waals surface area contributed by atoms with Crippen molar-refractivity contribution in [1.82, 2.24) is 5.32 Å².